The molecular formula is C20H31N5O3S. The Kier molecular flexibility index (Phi) is 7.74. The minimum Gasteiger partial charge on any atom is -0.383 e. The molecule has 0 N–H and O–H groups in total. The van der Waals surface area contributed by atoms with Crippen molar-refractivity contribution >= 4 is 9.84 Å². The quantitative estimate of drug-likeness (QED) is 0.581. The summed E-state index contributed by atoms with van der Waals surface area (Å²) in [6.45, 7) is 2.11. The topological polar surface area (TPSA) is 90.2 Å². The molecule has 160 valence electrons. The molecular weight excluding hydrogens is 390 g/mol. The Hall–Kier alpha value is -1.84. The lowest BCUT2D eigenvalue weighted by Gasteiger charge is -2.22. The number of hydrogen-bond donors (Lipinski definition) is 0. The van der Waals surface area contributed by atoms with E-state index >= 15 is 0 Å². The molecule has 29 heavy (non-hydrogen) atoms. The lowest BCUT2D eigenvalue weighted by atomic mass is 9.91. The molecule has 0 unspecified atom stereocenters. The van der Waals surface area contributed by atoms with Crippen LogP contribution in [0.15, 0.2) is 29.9 Å². The first-order chi connectivity index (χ1) is 14.0. The first-order valence-electron chi connectivity index (χ1n) is 10.2. The second kappa shape index (κ2) is 10.3. The maximum Gasteiger partial charge on any atom is 0.227 e. The number of imidazole rings is 1. The summed E-state index contributed by atoms with van der Waals surface area (Å²) in [7, 11) is 0.160. The van der Waals surface area contributed by atoms with E-state index in [1.54, 1.807) is 24.1 Å². The highest BCUT2D eigenvalue weighted by Crippen LogP contribution is 2.27. The van der Waals surface area contributed by atoms with Crippen LogP contribution in [0.4, 0.5) is 0 Å². The number of ether oxygens (including phenoxy) is 1. The Balaban J connectivity index is 1.76. The highest BCUT2D eigenvalue weighted by molar-refractivity contribution is 7.91. The third-order valence-corrected chi connectivity index (χ3v) is 7.18. The van der Waals surface area contributed by atoms with E-state index in [2.05, 4.69) is 19.9 Å². The Morgan fingerprint density at radius 2 is 2.00 bits per heavy atom. The summed E-state index contributed by atoms with van der Waals surface area (Å²) in [6.07, 6.45) is 10.4. The van der Waals surface area contributed by atoms with E-state index in [0.717, 1.165) is 37.1 Å². The minimum atomic E-state index is -3.44. The molecule has 3 rings (SSSR count). The minimum absolute atomic E-state index is 0.172. The Morgan fingerprint density at radius 1 is 1.21 bits per heavy atom. The molecule has 0 spiro atoms. The molecule has 0 aromatic carbocycles. The summed E-state index contributed by atoms with van der Waals surface area (Å²) in [5.41, 5.74) is 1.77. The van der Waals surface area contributed by atoms with Gasteiger partial charge >= 0.3 is 0 Å². The Bertz CT molecular complexity index is 863. The maximum absolute atomic E-state index is 13.1. The van der Waals surface area contributed by atoms with Crippen LogP contribution in [0.1, 0.15) is 43.5 Å². The van der Waals surface area contributed by atoms with E-state index in [1.807, 2.05) is 13.1 Å². The zero-order valence-electron chi connectivity index (χ0n) is 17.3. The van der Waals surface area contributed by atoms with Crippen LogP contribution < -0.4 is 0 Å². The number of aromatic nitrogens is 4. The van der Waals surface area contributed by atoms with Gasteiger partial charge < -0.3 is 9.30 Å². The number of hydrogen-bond acceptors (Lipinski definition) is 7. The summed E-state index contributed by atoms with van der Waals surface area (Å²) in [5.74, 6) is 0.429. The van der Waals surface area contributed by atoms with Crippen molar-refractivity contribution in [3.8, 4) is 0 Å². The predicted molar refractivity (Wildman–Crippen MR) is 110 cm³/mol. The summed E-state index contributed by atoms with van der Waals surface area (Å²) in [6, 6.07) is 1.87. The van der Waals surface area contributed by atoms with E-state index in [0.29, 0.717) is 26.2 Å². The van der Waals surface area contributed by atoms with E-state index < -0.39 is 9.84 Å². The fourth-order valence-electron chi connectivity index (χ4n) is 3.95. The van der Waals surface area contributed by atoms with Gasteiger partial charge in [0.2, 0.25) is 15.0 Å². The molecule has 8 nitrogen and oxygen atoms in total. The van der Waals surface area contributed by atoms with Crippen LogP contribution in [-0.2, 0) is 34.2 Å². The van der Waals surface area contributed by atoms with Crippen molar-refractivity contribution in [3.63, 3.8) is 0 Å². The van der Waals surface area contributed by atoms with E-state index in [1.165, 1.54) is 12.7 Å². The normalized spacial score (nSPS) is 15.8. The molecule has 9 heteroatoms. The number of rotatable bonds is 10. The second-order valence-corrected chi connectivity index (χ2v) is 9.76. The van der Waals surface area contributed by atoms with Gasteiger partial charge in [0, 0.05) is 32.9 Å². The summed E-state index contributed by atoms with van der Waals surface area (Å²) in [5, 5.41) is 0.172. The van der Waals surface area contributed by atoms with E-state index in [4.69, 9.17) is 4.74 Å². The van der Waals surface area contributed by atoms with Crippen molar-refractivity contribution in [3.05, 3.63) is 36.2 Å². The number of nitrogens with zero attached hydrogens (tertiary/aromatic N) is 5. The lowest BCUT2D eigenvalue weighted by Crippen LogP contribution is -2.25. The van der Waals surface area contributed by atoms with Crippen LogP contribution in [0.25, 0.3) is 0 Å². The van der Waals surface area contributed by atoms with Gasteiger partial charge in [0.15, 0.2) is 0 Å². The predicted octanol–water partition coefficient (Wildman–Crippen LogP) is 2.31. The molecule has 0 saturated heterocycles. The van der Waals surface area contributed by atoms with Crippen LogP contribution in [-0.4, -0.2) is 59.4 Å². The van der Waals surface area contributed by atoms with Gasteiger partial charge in [0.05, 0.1) is 29.9 Å². The summed E-state index contributed by atoms with van der Waals surface area (Å²) in [4.78, 5) is 14.6. The summed E-state index contributed by atoms with van der Waals surface area (Å²) >= 11 is 0. The third kappa shape index (κ3) is 6.07. The fraction of sp³-hybridized carbons (Fsp3) is 0.650. The second-order valence-electron chi connectivity index (χ2n) is 7.84. The third-order valence-electron chi connectivity index (χ3n) is 5.39. The number of methoxy groups -OCH3 is 1. The molecule has 0 amide bonds. The molecule has 2 aromatic heterocycles. The van der Waals surface area contributed by atoms with Crippen LogP contribution in [0.3, 0.4) is 0 Å². The largest absolute Gasteiger partial charge is 0.383 e. The Morgan fingerprint density at radius 3 is 2.69 bits per heavy atom. The van der Waals surface area contributed by atoms with Gasteiger partial charge in [-0.15, -0.1) is 0 Å². The zero-order chi connectivity index (χ0) is 20.7. The average molecular weight is 422 g/mol. The van der Waals surface area contributed by atoms with Crippen LogP contribution in [0, 0.1) is 5.92 Å². The van der Waals surface area contributed by atoms with Crippen LogP contribution in [0.2, 0.25) is 0 Å². The molecule has 0 bridgehead atoms. The average Bonchev–Trinajstić information content (AvgIpc) is 3.10. The lowest BCUT2D eigenvalue weighted by molar-refractivity contribution is 0.181. The monoisotopic (exact) mass is 421 g/mol. The van der Waals surface area contributed by atoms with Crippen molar-refractivity contribution < 1.29 is 13.2 Å². The number of sulfone groups is 1. The van der Waals surface area contributed by atoms with Crippen molar-refractivity contribution in [2.24, 2.45) is 5.92 Å². The van der Waals surface area contributed by atoms with Crippen molar-refractivity contribution in [1.29, 1.82) is 0 Å². The maximum atomic E-state index is 13.1. The molecule has 0 radical (unpaired) electrons. The van der Waals surface area contributed by atoms with Gasteiger partial charge in [-0.3, -0.25) is 4.90 Å². The van der Waals surface area contributed by atoms with Gasteiger partial charge in [0.25, 0.3) is 0 Å². The van der Waals surface area contributed by atoms with Crippen molar-refractivity contribution in [2.75, 3.05) is 26.5 Å². The van der Waals surface area contributed by atoms with Gasteiger partial charge in [0.1, 0.15) is 6.33 Å². The smallest absolute Gasteiger partial charge is 0.227 e. The van der Waals surface area contributed by atoms with Crippen LogP contribution in [0.5, 0.6) is 0 Å². The molecule has 1 saturated carbocycles. The fourth-order valence-corrected chi connectivity index (χ4v) is 5.81. The molecule has 2 heterocycles. The van der Waals surface area contributed by atoms with Crippen molar-refractivity contribution in [2.45, 2.75) is 56.9 Å². The molecule has 1 aliphatic rings. The highest BCUT2D eigenvalue weighted by atomic mass is 32.2. The first kappa shape index (κ1) is 21.9. The first-order valence-corrected chi connectivity index (χ1v) is 11.8. The SMILES string of the molecule is COCCn1c(CN(C)Cc2ccncn2)cnc1S(=O)(=O)CC1CCCCC1. The van der Waals surface area contributed by atoms with Gasteiger partial charge in [-0.05, 0) is 31.9 Å². The summed E-state index contributed by atoms with van der Waals surface area (Å²) < 4.78 is 33.3. The highest BCUT2D eigenvalue weighted by Gasteiger charge is 2.28. The Labute approximate surface area is 173 Å². The van der Waals surface area contributed by atoms with Crippen LogP contribution >= 0.6 is 0 Å². The van der Waals surface area contributed by atoms with Gasteiger partial charge in [-0.2, -0.15) is 0 Å². The van der Waals surface area contributed by atoms with E-state index in [9.17, 15) is 8.42 Å². The molecule has 1 fully saturated rings. The van der Waals surface area contributed by atoms with Crippen molar-refractivity contribution in [1.82, 2.24) is 24.4 Å². The molecule has 0 aliphatic heterocycles. The molecule has 2 aromatic rings. The zero-order valence-corrected chi connectivity index (χ0v) is 18.1. The van der Waals surface area contributed by atoms with Gasteiger partial charge in [-0.25, -0.2) is 23.4 Å². The van der Waals surface area contributed by atoms with E-state index in [-0.39, 0.29) is 16.8 Å². The molecule has 0 atom stereocenters. The standard InChI is InChI=1S/C20H31N5O3S/c1-24(13-18-8-9-21-16-23-18)14-19-12-22-20(25(19)10-11-28-2)29(26,27)15-17-6-4-3-5-7-17/h8-9,12,16-17H,3-7,10-11,13-15H2,1-2H3. The molecule has 1 aliphatic carbocycles. The van der Waals surface area contributed by atoms with Gasteiger partial charge in [-0.1, -0.05) is 19.3 Å².